The maximum absolute atomic E-state index is 11.6. The number of unbranched alkanes of at least 4 members (excludes halogenated alkanes) is 3. The van der Waals surface area contributed by atoms with Crippen LogP contribution in [0.3, 0.4) is 0 Å². The van der Waals surface area contributed by atoms with E-state index in [1.807, 2.05) is 6.92 Å². The lowest BCUT2D eigenvalue weighted by atomic mass is 9.90. The van der Waals surface area contributed by atoms with Gasteiger partial charge < -0.3 is 14.9 Å². The summed E-state index contributed by atoms with van der Waals surface area (Å²) in [5.41, 5.74) is -1.21. The standard InChI is InChI=1S/C15H28O5/c1-3-5-7-12-20-15(14(18)19,10-6-4-2)11-8-9-13(16)17/h3-12H2,1-2H3,(H,16,17)(H,18,19). The van der Waals surface area contributed by atoms with Crippen LogP contribution < -0.4 is 0 Å². The summed E-state index contributed by atoms with van der Waals surface area (Å²) in [6.07, 6.45) is 5.61. The molecule has 2 N–H and O–H groups in total. The van der Waals surface area contributed by atoms with Crippen molar-refractivity contribution in [2.45, 2.75) is 77.2 Å². The molecule has 0 radical (unpaired) electrons. The topological polar surface area (TPSA) is 83.8 Å². The van der Waals surface area contributed by atoms with Crippen LogP contribution in [0, 0.1) is 0 Å². The Morgan fingerprint density at radius 3 is 2.05 bits per heavy atom. The van der Waals surface area contributed by atoms with Crippen molar-refractivity contribution < 1.29 is 24.5 Å². The van der Waals surface area contributed by atoms with Crippen molar-refractivity contribution in [3.63, 3.8) is 0 Å². The highest BCUT2D eigenvalue weighted by Crippen LogP contribution is 2.27. The Morgan fingerprint density at radius 1 is 0.950 bits per heavy atom. The monoisotopic (exact) mass is 288 g/mol. The molecule has 5 nitrogen and oxygen atoms in total. The number of hydrogen-bond donors (Lipinski definition) is 2. The van der Waals surface area contributed by atoms with Crippen LogP contribution in [0.5, 0.6) is 0 Å². The third-order valence-electron chi connectivity index (χ3n) is 3.42. The minimum absolute atomic E-state index is 0.0144. The number of ether oxygens (including phenoxy) is 1. The number of carbonyl (C=O) groups is 2. The predicted molar refractivity (Wildman–Crippen MR) is 76.9 cm³/mol. The van der Waals surface area contributed by atoms with Gasteiger partial charge in [-0.3, -0.25) is 4.79 Å². The van der Waals surface area contributed by atoms with E-state index in [0.29, 0.717) is 19.4 Å². The minimum Gasteiger partial charge on any atom is -0.481 e. The molecule has 0 saturated carbocycles. The van der Waals surface area contributed by atoms with Crippen molar-refractivity contribution in [1.29, 1.82) is 0 Å². The highest BCUT2D eigenvalue weighted by atomic mass is 16.5. The lowest BCUT2D eigenvalue weighted by Gasteiger charge is -2.29. The van der Waals surface area contributed by atoms with Gasteiger partial charge in [0.1, 0.15) is 0 Å². The average molecular weight is 288 g/mol. The smallest absolute Gasteiger partial charge is 0.335 e. The molecule has 0 fully saturated rings. The Kier molecular flexibility index (Phi) is 10.1. The summed E-state index contributed by atoms with van der Waals surface area (Å²) in [6, 6.07) is 0. The van der Waals surface area contributed by atoms with Crippen LogP contribution in [-0.2, 0) is 14.3 Å². The molecule has 0 heterocycles. The van der Waals surface area contributed by atoms with Crippen molar-refractivity contribution in [3.05, 3.63) is 0 Å². The van der Waals surface area contributed by atoms with Crippen LogP contribution in [0.25, 0.3) is 0 Å². The average Bonchev–Trinajstić information content (AvgIpc) is 2.39. The van der Waals surface area contributed by atoms with E-state index >= 15 is 0 Å². The number of carboxylic acid groups (broad SMARTS) is 2. The van der Waals surface area contributed by atoms with E-state index < -0.39 is 17.5 Å². The first kappa shape index (κ1) is 18.9. The highest BCUT2D eigenvalue weighted by molar-refractivity contribution is 5.77. The molecule has 1 atom stereocenters. The normalized spacial score (nSPS) is 13.9. The summed E-state index contributed by atoms with van der Waals surface area (Å²) in [6.45, 7) is 4.51. The van der Waals surface area contributed by atoms with E-state index in [1.54, 1.807) is 0 Å². The maximum atomic E-state index is 11.6. The van der Waals surface area contributed by atoms with Crippen LogP contribution in [0.1, 0.15) is 71.6 Å². The zero-order valence-electron chi connectivity index (χ0n) is 12.7. The second-order valence-electron chi connectivity index (χ2n) is 5.21. The van der Waals surface area contributed by atoms with E-state index in [9.17, 15) is 14.7 Å². The molecule has 0 bridgehead atoms. The van der Waals surface area contributed by atoms with Gasteiger partial charge in [0.15, 0.2) is 5.60 Å². The van der Waals surface area contributed by atoms with Gasteiger partial charge in [0, 0.05) is 13.0 Å². The summed E-state index contributed by atoms with van der Waals surface area (Å²) in [7, 11) is 0. The Hall–Kier alpha value is -1.10. The molecule has 0 aromatic carbocycles. The van der Waals surface area contributed by atoms with Gasteiger partial charge in [-0.05, 0) is 25.7 Å². The van der Waals surface area contributed by atoms with E-state index in [2.05, 4.69) is 6.92 Å². The molecule has 20 heavy (non-hydrogen) atoms. The molecule has 118 valence electrons. The Labute approximate surface area is 121 Å². The largest absolute Gasteiger partial charge is 0.481 e. The van der Waals surface area contributed by atoms with Gasteiger partial charge in [0.2, 0.25) is 0 Å². The molecule has 0 amide bonds. The SMILES string of the molecule is CCCCCOC(CCCC)(CCCC(=O)O)C(=O)O. The van der Waals surface area contributed by atoms with E-state index in [0.717, 1.165) is 32.1 Å². The summed E-state index contributed by atoms with van der Waals surface area (Å²) in [4.78, 5) is 22.2. The van der Waals surface area contributed by atoms with Crippen molar-refractivity contribution in [3.8, 4) is 0 Å². The first-order chi connectivity index (χ1) is 9.48. The molecule has 0 rings (SSSR count). The molecular formula is C15H28O5. The van der Waals surface area contributed by atoms with Crippen molar-refractivity contribution in [1.82, 2.24) is 0 Å². The van der Waals surface area contributed by atoms with Gasteiger partial charge in [-0.1, -0.05) is 39.5 Å². The first-order valence-electron chi connectivity index (χ1n) is 7.57. The predicted octanol–water partition coefficient (Wildman–Crippen LogP) is 3.46. The molecule has 0 aromatic rings. The van der Waals surface area contributed by atoms with E-state index in [1.165, 1.54) is 0 Å². The minimum atomic E-state index is -1.21. The molecule has 1 unspecified atom stereocenters. The van der Waals surface area contributed by atoms with E-state index in [4.69, 9.17) is 9.84 Å². The second-order valence-corrected chi connectivity index (χ2v) is 5.21. The summed E-state index contributed by atoms with van der Waals surface area (Å²) in [5, 5.41) is 18.2. The summed E-state index contributed by atoms with van der Waals surface area (Å²) < 4.78 is 5.68. The first-order valence-corrected chi connectivity index (χ1v) is 7.57. The fraction of sp³-hybridized carbons (Fsp3) is 0.867. The van der Waals surface area contributed by atoms with Crippen molar-refractivity contribution in [2.24, 2.45) is 0 Å². The number of rotatable bonds is 13. The number of aliphatic carboxylic acids is 2. The van der Waals surface area contributed by atoms with Gasteiger partial charge in [-0.25, -0.2) is 4.79 Å². The van der Waals surface area contributed by atoms with Crippen molar-refractivity contribution >= 4 is 11.9 Å². The second kappa shape index (κ2) is 10.7. The number of carboxylic acids is 2. The molecular weight excluding hydrogens is 260 g/mol. The summed E-state index contributed by atoms with van der Waals surface area (Å²) >= 11 is 0. The number of hydrogen-bond acceptors (Lipinski definition) is 3. The lowest BCUT2D eigenvalue weighted by Crippen LogP contribution is -2.42. The molecule has 0 aliphatic carbocycles. The molecule has 0 aliphatic heterocycles. The van der Waals surface area contributed by atoms with E-state index in [-0.39, 0.29) is 12.8 Å². The van der Waals surface area contributed by atoms with Gasteiger partial charge in [-0.15, -0.1) is 0 Å². The third kappa shape index (κ3) is 7.48. The maximum Gasteiger partial charge on any atom is 0.335 e. The Bertz CT molecular complexity index is 290. The fourth-order valence-corrected chi connectivity index (χ4v) is 2.15. The Balaban J connectivity index is 4.57. The zero-order chi connectivity index (χ0) is 15.4. The highest BCUT2D eigenvalue weighted by Gasteiger charge is 2.38. The van der Waals surface area contributed by atoms with Crippen LogP contribution in [0.15, 0.2) is 0 Å². The van der Waals surface area contributed by atoms with Crippen LogP contribution in [0.4, 0.5) is 0 Å². The third-order valence-corrected chi connectivity index (χ3v) is 3.42. The molecule has 0 aliphatic rings. The van der Waals surface area contributed by atoms with Crippen molar-refractivity contribution in [2.75, 3.05) is 6.61 Å². The quantitative estimate of drug-likeness (QED) is 0.507. The molecule has 0 spiro atoms. The van der Waals surface area contributed by atoms with Gasteiger partial charge >= 0.3 is 11.9 Å². The van der Waals surface area contributed by atoms with Crippen LogP contribution in [-0.4, -0.2) is 34.4 Å². The van der Waals surface area contributed by atoms with Crippen LogP contribution in [0.2, 0.25) is 0 Å². The van der Waals surface area contributed by atoms with Gasteiger partial charge in [0.25, 0.3) is 0 Å². The molecule has 5 heteroatoms. The lowest BCUT2D eigenvalue weighted by molar-refractivity contribution is -0.169. The fourth-order valence-electron chi connectivity index (χ4n) is 2.15. The van der Waals surface area contributed by atoms with Gasteiger partial charge in [0.05, 0.1) is 0 Å². The van der Waals surface area contributed by atoms with Crippen LogP contribution >= 0.6 is 0 Å². The Morgan fingerprint density at radius 2 is 1.55 bits per heavy atom. The molecule has 0 saturated heterocycles. The molecule has 0 aromatic heterocycles. The van der Waals surface area contributed by atoms with Gasteiger partial charge in [-0.2, -0.15) is 0 Å². The zero-order valence-corrected chi connectivity index (χ0v) is 12.7. The summed E-state index contributed by atoms with van der Waals surface area (Å²) in [5.74, 6) is -1.86.